The van der Waals surface area contributed by atoms with Crippen molar-refractivity contribution in [3.05, 3.63) is 59.7 Å². The Bertz CT molecular complexity index is 1040. The van der Waals surface area contributed by atoms with Crippen molar-refractivity contribution in [2.45, 2.75) is 36.6 Å². The highest BCUT2D eigenvalue weighted by atomic mass is 32.2. The number of nitrogens with zero attached hydrogens (tertiary/aromatic N) is 3. The molecule has 0 atom stereocenters. The lowest BCUT2D eigenvalue weighted by atomic mass is 10.2. The van der Waals surface area contributed by atoms with Crippen LogP contribution in [0.25, 0.3) is 11.5 Å². The topological polar surface area (TPSA) is 76.3 Å². The van der Waals surface area contributed by atoms with Gasteiger partial charge in [0.1, 0.15) is 0 Å². The Labute approximate surface area is 170 Å². The van der Waals surface area contributed by atoms with Crippen LogP contribution in [0.1, 0.15) is 25.0 Å². The van der Waals surface area contributed by atoms with Gasteiger partial charge in [0.2, 0.25) is 15.9 Å². The maximum Gasteiger partial charge on any atom is 0.277 e. The van der Waals surface area contributed by atoms with Gasteiger partial charge in [-0.05, 0) is 30.7 Å². The summed E-state index contributed by atoms with van der Waals surface area (Å²) >= 11 is 1.45. The van der Waals surface area contributed by atoms with Gasteiger partial charge in [-0.25, -0.2) is 8.42 Å². The largest absolute Gasteiger partial charge is 0.411 e. The first-order chi connectivity index (χ1) is 13.4. The van der Waals surface area contributed by atoms with Crippen molar-refractivity contribution < 1.29 is 12.8 Å². The number of aromatic nitrogens is 2. The molecule has 0 unspecified atom stereocenters. The van der Waals surface area contributed by atoms with E-state index in [1.807, 2.05) is 19.9 Å². The highest BCUT2D eigenvalue weighted by Gasteiger charge is 2.22. The summed E-state index contributed by atoms with van der Waals surface area (Å²) in [5, 5.41) is 8.61. The third-order valence-electron chi connectivity index (χ3n) is 4.28. The van der Waals surface area contributed by atoms with E-state index < -0.39 is 10.0 Å². The van der Waals surface area contributed by atoms with E-state index in [9.17, 15) is 8.42 Å². The summed E-state index contributed by atoms with van der Waals surface area (Å²) in [5.41, 5.74) is 2.97. The summed E-state index contributed by atoms with van der Waals surface area (Å²) in [6.45, 7) is 6.53. The summed E-state index contributed by atoms with van der Waals surface area (Å²) in [7, 11) is -3.54. The van der Waals surface area contributed by atoms with Crippen LogP contribution in [0, 0.1) is 6.92 Å². The predicted molar refractivity (Wildman–Crippen MR) is 111 cm³/mol. The van der Waals surface area contributed by atoms with E-state index >= 15 is 0 Å². The maximum absolute atomic E-state index is 12.7. The zero-order valence-electron chi connectivity index (χ0n) is 16.1. The highest BCUT2D eigenvalue weighted by Crippen LogP contribution is 2.27. The van der Waals surface area contributed by atoms with Gasteiger partial charge in [0.15, 0.2) is 0 Å². The van der Waals surface area contributed by atoms with E-state index in [-0.39, 0.29) is 4.90 Å². The van der Waals surface area contributed by atoms with E-state index in [0.29, 0.717) is 29.8 Å². The lowest BCUT2D eigenvalue weighted by Crippen LogP contribution is -2.30. The van der Waals surface area contributed by atoms with Crippen LogP contribution in [0.2, 0.25) is 0 Å². The fourth-order valence-corrected chi connectivity index (χ4v) is 5.04. The van der Waals surface area contributed by atoms with Crippen molar-refractivity contribution in [3.63, 3.8) is 0 Å². The molecule has 1 aromatic heterocycles. The normalized spacial score (nSPS) is 11.9. The van der Waals surface area contributed by atoms with Gasteiger partial charge in [-0.2, -0.15) is 4.31 Å². The zero-order chi connectivity index (χ0) is 20.1. The molecule has 0 radical (unpaired) electrons. The molecule has 0 aliphatic carbocycles. The molecular formula is C20H23N3O3S2. The quantitative estimate of drug-likeness (QED) is 0.507. The molecule has 148 valence electrons. The number of benzene rings is 2. The first-order valence-corrected chi connectivity index (χ1v) is 11.5. The molecule has 0 bridgehead atoms. The van der Waals surface area contributed by atoms with Crippen molar-refractivity contribution in [2.75, 3.05) is 13.1 Å². The molecule has 1 heterocycles. The molecule has 0 aliphatic rings. The Morgan fingerprint density at radius 2 is 1.79 bits per heavy atom. The number of hydrogen-bond acceptors (Lipinski definition) is 6. The van der Waals surface area contributed by atoms with Gasteiger partial charge in [-0.15, -0.1) is 10.2 Å². The summed E-state index contributed by atoms with van der Waals surface area (Å²) < 4.78 is 32.6. The van der Waals surface area contributed by atoms with Crippen molar-refractivity contribution >= 4 is 21.8 Å². The van der Waals surface area contributed by atoms with Crippen LogP contribution < -0.4 is 0 Å². The molecule has 28 heavy (non-hydrogen) atoms. The Morgan fingerprint density at radius 1 is 1.04 bits per heavy atom. The molecule has 3 aromatic rings. The molecule has 0 spiro atoms. The van der Waals surface area contributed by atoms with Crippen molar-refractivity contribution in [2.24, 2.45) is 0 Å². The highest BCUT2D eigenvalue weighted by molar-refractivity contribution is 7.98. The van der Waals surface area contributed by atoms with Crippen molar-refractivity contribution in [1.29, 1.82) is 0 Å². The van der Waals surface area contributed by atoms with E-state index in [1.54, 1.807) is 24.3 Å². The maximum atomic E-state index is 12.7. The Hall–Kier alpha value is -2.16. The lowest BCUT2D eigenvalue weighted by molar-refractivity contribution is 0.445. The second-order valence-corrected chi connectivity index (χ2v) is 9.13. The van der Waals surface area contributed by atoms with Crippen LogP contribution in [-0.2, 0) is 15.8 Å². The average molecular weight is 418 g/mol. The summed E-state index contributed by atoms with van der Waals surface area (Å²) in [4.78, 5) is 0.223. The number of aryl methyl sites for hydroxylation is 1. The minimum atomic E-state index is -3.54. The third-order valence-corrected chi connectivity index (χ3v) is 7.21. The minimum absolute atomic E-state index is 0.223. The number of rotatable bonds is 8. The van der Waals surface area contributed by atoms with Crippen LogP contribution in [-0.4, -0.2) is 36.0 Å². The Morgan fingerprint density at radius 3 is 2.50 bits per heavy atom. The summed E-state index contributed by atoms with van der Waals surface area (Å²) in [6, 6.07) is 14.9. The van der Waals surface area contributed by atoms with Gasteiger partial charge in [0, 0.05) is 24.4 Å². The molecule has 0 saturated heterocycles. The number of hydrogen-bond donors (Lipinski definition) is 0. The van der Waals surface area contributed by atoms with Crippen molar-refractivity contribution in [3.8, 4) is 11.5 Å². The standard InChI is InChI=1S/C20H23N3O3S2/c1-4-23(5-2)28(24,25)18-11-7-10-17(13-18)19-21-22-20(26-19)27-14-16-9-6-8-15(3)12-16/h6-13H,4-5,14H2,1-3H3. The number of thioether (sulfide) groups is 1. The van der Waals surface area contributed by atoms with Gasteiger partial charge < -0.3 is 4.42 Å². The first kappa shape index (κ1) is 20.6. The fraction of sp³-hybridized carbons (Fsp3) is 0.300. The van der Waals surface area contributed by atoms with E-state index in [1.165, 1.54) is 27.2 Å². The molecule has 0 aliphatic heterocycles. The fourth-order valence-electron chi connectivity index (χ4n) is 2.83. The van der Waals surface area contributed by atoms with Crippen LogP contribution in [0.4, 0.5) is 0 Å². The second-order valence-electron chi connectivity index (χ2n) is 6.27. The Balaban J connectivity index is 1.78. The van der Waals surface area contributed by atoms with Crippen LogP contribution in [0.5, 0.6) is 0 Å². The monoisotopic (exact) mass is 417 g/mol. The SMILES string of the molecule is CCN(CC)S(=O)(=O)c1cccc(-c2nnc(SCc3cccc(C)c3)o2)c1. The number of sulfonamides is 1. The molecule has 0 amide bonds. The van der Waals surface area contributed by atoms with Gasteiger partial charge in [-0.3, -0.25) is 0 Å². The first-order valence-electron chi connectivity index (χ1n) is 9.06. The summed E-state index contributed by atoms with van der Waals surface area (Å²) in [6.07, 6.45) is 0. The predicted octanol–water partition coefficient (Wildman–Crippen LogP) is 4.37. The van der Waals surface area contributed by atoms with Gasteiger partial charge in [0.25, 0.3) is 5.22 Å². The molecule has 0 fully saturated rings. The van der Waals surface area contributed by atoms with Gasteiger partial charge in [0.05, 0.1) is 4.90 Å². The smallest absolute Gasteiger partial charge is 0.277 e. The van der Waals surface area contributed by atoms with Gasteiger partial charge >= 0.3 is 0 Å². The Kier molecular flexibility index (Phi) is 6.53. The van der Waals surface area contributed by atoms with Crippen LogP contribution in [0.15, 0.2) is 63.1 Å². The van der Waals surface area contributed by atoms with E-state index in [0.717, 1.165) is 5.75 Å². The molecule has 6 nitrogen and oxygen atoms in total. The van der Waals surface area contributed by atoms with Gasteiger partial charge in [-0.1, -0.05) is 61.5 Å². The average Bonchev–Trinajstić information content (AvgIpc) is 3.16. The molecular weight excluding hydrogens is 394 g/mol. The molecule has 0 saturated carbocycles. The molecule has 0 N–H and O–H groups in total. The van der Waals surface area contributed by atoms with Crippen LogP contribution >= 0.6 is 11.8 Å². The molecule has 8 heteroatoms. The minimum Gasteiger partial charge on any atom is -0.411 e. The lowest BCUT2D eigenvalue weighted by Gasteiger charge is -2.18. The molecule has 3 rings (SSSR count). The third kappa shape index (κ3) is 4.63. The van der Waals surface area contributed by atoms with Crippen LogP contribution in [0.3, 0.4) is 0 Å². The van der Waals surface area contributed by atoms with E-state index in [2.05, 4.69) is 35.3 Å². The zero-order valence-corrected chi connectivity index (χ0v) is 17.8. The van der Waals surface area contributed by atoms with E-state index in [4.69, 9.17) is 4.42 Å². The van der Waals surface area contributed by atoms with Crippen molar-refractivity contribution in [1.82, 2.24) is 14.5 Å². The second kappa shape index (κ2) is 8.89. The summed E-state index contributed by atoms with van der Waals surface area (Å²) in [5.74, 6) is 1.03. The molecule has 2 aromatic carbocycles.